The van der Waals surface area contributed by atoms with Crippen LogP contribution in [0.3, 0.4) is 0 Å². The van der Waals surface area contributed by atoms with Crippen LogP contribution in [0.15, 0.2) is 39.5 Å². The van der Waals surface area contributed by atoms with Gasteiger partial charge in [0.05, 0.1) is 3.79 Å². The molecule has 0 bridgehead atoms. The molecular formula is C13H13BrClNS. The zero-order valence-corrected chi connectivity index (χ0v) is 12.6. The van der Waals surface area contributed by atoms with E-state index in [4.69, 9.17) is 11.6 Å². The molecule has 0 fully saturated rings. The summed E-state index contributed by atoms with van der Waals surface area (Å²) in [5, 5.41) is 6.44. The van der Waals surface area contributed by atoms with E-state index in [-0.39, 0.29) is 6.04 Å². The zero-order chi connectivity index (χ0) is 12.3. The summed E-state index contributed by atoms with van der Waals surface area (Å²) in [5.74, 6) is 0. The molecule has 1 aromatic heterocycles. The van der Waals surface area contributed by atoms with Crippen LogP contribution in [0.2, 0.25) is 5.02 Å². The van der Waals surface area contributed by atoms with Gasteiger partial charge in [0.2, 0.25) is 0 Å². The molecule has 0 spiro atoms. The number of halogens is 2. The van der Waals surface area contributed by atoms with Crippen molar-refractivity contribution in [2.24, 2.45) is 0 Å². The largest absolute Gasteiger partial charge is 0.306 e. The minimum atomic E-state index is 0.252. The maximum absolute atomic E-state index is 6.16. The molecule has 1 atom stereocenters. The monoisotopic (exact) mass is 329 g/mol. The van der Waals surface area contributed by atoms with Crippen LogP contribution < -0.4 is 5.32 Å². The van der Waals surface area contributed by atoms with Crippen LogP contribution in [-0.4, -0.2) is 0 Å². The van der Waals surface area contributed by atoms with Crippen LogP contribution in [0, 0.1) is 0 Å². The van der Waals surface area contributed by atoms with Crippen molar-refractivity contribution in [2.75, 3.05) is 0 Å². The first kappa shape index (κ1) is 13.1. The van der Waals surface area contributed by atoms with Gasteiger partial charge in [0.1, 0.15) is 0 Å². The molecule has 1 N–H and O–H groups in total. The Morgan fingerprint density at radius 1 is 1.41 bits per heavy atom. The van der Waals surface area contributed by atoms with Gasteiger partial charge in [0.15, 0.2) is 0 Å². The number of rotatable bonds is 4. The summed E-state index contributed by atoms with van der Waals surface area (Å²) in [4.78, 5) is 0. The highest BCUT2D eigenvalue weighted by atomic mass is 79.9. The summed E-state index contributed by atoms with van der Waals surface area (Å²) in [6, 6.07) is 10.3. The molecule has 0 saturated heterocycles. The van der Waals surface area contributed by atoms with Crippen LogP contribution in [0.25, 0.3) is 0 Å². The summed E-state index contributed by atoms with van der Waals surface area (Å²) in [5.41, 5.74) is 2.43. The highest BCUT2D eigenvalue weighted by Gasteiger charge is 2.08. The standard InChI is InChI=1S/C13H13BrClNS/c1-9(11-4-2-3-5-12(11)15)16-7-10-6-13(14)17-8-10/h2-6,8-9,16H,7H2,1H3. The number of hydrogen-bond acceptors (Lipinski definition) is 2. The first-order valence-electron chi connectivity index (χ1n) is 5.37. The molecule has 1 nitrogen and oxygen atoms in total. The predicted octanol–water partition coefficient (Wildman–Crippen LogP) is 5.01. The second kappa shape index (κ2) is 6.01. The van der Waals surface area contributed by atoms with E-state index in [2.05, 4.69) is 45.7 Å². The maximum Gasteiger partial charge on any atom is 0.0701 e. The first-order valence-corrected chi connectivity index (χ1v) is 7.42. The Labute approximate surface area is 119 Å². The fourth-order valence-corrected chi connectivity index (χ4v) is 3.15. The minimum Gasteiger partial charge on any atom is -0.306 e. The van der Waals surface area contributed by atoms with Crippen molar-refractivity contribution in [3.63, 3.8) is 0 Å². The van der Waals surface area contributed by atoms with Gasteiger partial charge < -0.3 is 5.32 Å². The third-order valence-corrected chi connectivity index (χ3v) is 4.50. The Kier molecular flexibility index (Phi) is 4.62. The van der Waals surface area contributed by atoms with Gasteiger partial charge in [-0.15, -0.1) is 11.3 Å². The minimum absolute atomic E-state index is 0.252. The molecule has 90 valence electrons. The molecule has 2 aromatic rings. The average Bonchev–Trinajstić information content (AvgIpc) is 2.73. The van der Waals surface area contributed by atoms with Crippen LogP contribution in [0.4, 0.5) is 0 Å². The van der Waals surface area contributed by atoms with E-state index in [0.29, 0.717) is 0 Å². The van der Waals surface area contributed by atoms with Gasteiger partial charge in [-0.1, -0.05) is 29.8 Å². The van der Waals surface area contributed by atoms with Crippen molar-refractivity contribution in [1.29, 1.82) is 0 Å². The third-order valence-electron chi connectivity index (χ3n) is 2.61. The molecule has 17 heavy (non-hydrogen) atoms. The van der Waals surface area contributed by atoms with Crippen LogP contribution in [0.1, 0.15) is 24.1 Å². The molecule has 1 heterocycles. The van der Waals surface area contributed by atoms with E-state index in [1.165, 1.54) is 9.35 Å². The molecule has 2 rings (SSSR count). The molecule has 0 aliphatic heterocycles. The van der Waals surface area contributed by atoms with Gasteiger partial charge in [-0.2, -0.15) is 0 Å². The Hall–Kier alpha value is -0.350. The number of nitrogens with one attached hydrogen (secondary N) is 1. The van der Waals surface area contributed by atoms with Gasteiger partial charge in [0, 0.05) is 17.6 Å². The van der Waals surface area contributed by atoms with E-state index < -0.39 is 0 Å². The van der Waals surface area contributed by atoms with Crippen molar-refractivity contribution in [3.8, 4) is 0 Å². The van der Waals surface area contributed by atoms with E-state index in [1.54, 1.807) is 11.3 Å². The molecule has 0 aliphatic carbocycles. The second-order valence-electron chi connectivity index (χ2n) is 3.88. The normalized spacial score (nSPS) is 12.6. The fraction of sp³-hybridized carbons (Fsp3) is 0.231. The third kappa shape index (κ3) is 3.55. The summed E-state index contributed by atoms with van der Waals surface area (Å²) in [6.45, 7) is 2.98. The Morgan fingerprint density at radius 3 is 2.82 bits per heavy atom. The van der Waals surface area contributed by atoms with E-state index in [9.17, 15) is 0 Å². The quantitative estimate of drug-likeness (QED) is 0.830. The molecule has 1 unspecified atom stereocenters. The lowest BCUT2D eigenvalue weighted by Gasteiger charge is -2.15. The average molecular weight is 331 g/mol. The van der Waals surface area contributed by atoms with Crippen LogP contribution in [0.5, 0.6) is 0 Å². The fourth-order valence-electron chi connectivity index (χ4n) is 1.65. The molecule has 0 saturated carbocycles. The van der Waals surface area contributed by atoms with E-state index in [1.807, 2.05) is 18.2 Å². The maximum atomic E-state index is 6.16. The van der Waals surface area contributed by atoms with Crippen molar-refractivity contribution >= 4 is 38.9 Å². The molecular weight excluding hydrogens is 318 g/mol. The van der Waals surface area contributed by atoms with Crippen molar-refractivity contribution in [1.82, 2.24) is 5.32 Å². The topological polar surface area (TPSA) is 12.0 Å². The summed E-state index contributed by atoms with van der Waals surface area (Å²) >= 11 is 11.3. The van der Waals surface area contributed by atoms with E-state index >= 15 is 0 Å². The number of thiophene rings is 1. The smallest absolute Gasteiger partial charge is 0.0701 e. The molecule has 0 amide bonds. The van der Waals surface area contributed by atoms with Gasteiger partial charge in [-0.25, -0.2) is 0 Å². The van der Waals surface area contributed by atoms with Gasteiger partial charge in [-0.3, -0.25) is 0 Å². The SMILES string of the molecule is CC(NCc1csc(Br)c1)c1ccccc1Cl. The lowest BCUT2D eigenvalue weighted by atomic mass is 10.1. The molecule has 4 heteroatoms. The summed E-state index contributed by atoms with van der Waals surface area (Å²) < 4.78 is 1.17. The zero-order valence-electron chi connectivity index (χ0n) is 9.41. The lowest BCUT2D eigenvalue weighted by Crippen LogP contribution is -2.17. The Morgan fingerprint density at radius 2 is 2.18 bits per heavy atom. The van der Waals surface area contributed by atoms with Crippen molar-refractivity contribution in [3.05, 3.63) is 55.6 Å². The number of hydrogen-bond donors (Lipinski definition) is 1. The Bertz CT molecular complexity index is 498. The predicted molar refractivity (Wildman–Crippen MR) is 78.7 cm³/mol. The van der Waals surface area contributed by atoms with E-state index in [0.717, 1.165) is 17.1 Å². The molecule has 0 aliphatic rings. The summed E-state index contributed by atoms with van der Waals surface area (Å²) in [6.07, 6.45) is 0. The number of benzene rings is 1. The van der Waals surface area contributed by atoms with Gasteiger partial charge in [0.25, 0.3) is 0 Å². The highest BCUT2D eigenvalue weighted by molar-refractivity contribution is 9.11. The Balaban J connectivity index is 1.98. The highest BCUT2D eigenvalue weighted by Crippen LogP contribution is 2.24. The van der Waals surface area contributed by atoms with Crippen LogP contribution in [-0.2, 0) is 6.54 Å². The lowest BCUT2D eigenvalue weighted by molar-refractivity contribution is 0.575. The van der Waals surface area contributed by atoms with Crippen molar-refractivity contribution < 1.29 is 0 Å². The first-order chi connectivity index (χ1) is 8.16. The van der Waals surface area contributed by atoms with Crippen molar-refractivity contribution in [2.45, 2.75) is 19.5 Å². The molecule has 1 aromatic carbocycles. The molecule has 0 radical (unpaired) electrons. The van der Waals surface area contributed by atoms with Gasteiger partial charge in [-0.05, 0) is 51.5 Å². The summed E-state index contributed by atoms with van der Waals surface area (Å²) in [7, 11) is 0. The van der Waals surface area contributed by atoms with Gasteiger partial charge >= 0.3 is 0 Å². The van der Waals surface area contributed by atoms with Crippen LogP contribution >= 0.6 is 38.9 Å². The second-order valence-corrected chi connectivity index (χ2v) is 6.58.